The van der Waals surface area contributed by atoms with Crippen LogP contribution in [0.15, 0.2) is 97.1 Å². The summed E-state index contributed by atoms with van der Waals surface area (Å²) < 4.78 is 160. The van der Waals surface area contributed by atoms with Crippen molar-refractivity contribution in [3.8, 4) is 0 Å². The summed E-state index contributed by atoms with van der Waals surface area (Å²) in [6, 6.07) is 13.6. The molecule has 0 aliphatic carbocycles. The van der Waals surface area contributed by atoms with E-state index in [2.05, 4.69) is 5.73 Å². The van der Waals surface area contributed by atoms with Crippen molar-refractivity contribution in [2.45, 2.75) is 24.7 Å². The van der Waals surface area contributed by atoms with Gasteiger partial charge >= 0.3 is 24.7 Å². The standard InChI is InChI=1S/C28H16BF12.CH5N/c30-25(31,32)17-1-9-21(10-2-17)29(22-11-3-18(4-12-22)26(33,34)35,23-13-5-19(6-14-23)27(36,37)38)24-15-7-20(8-16-24)28(39,40)41;1-2/h1-16H;2H2,1H3/q-1;/p+1. The predicted octanol–water partition coefficient (Wildman–Crippen LogP) is 6.00. The SMILES string of the molecule is C[NH3+].FC(F)(F)c1ccc([B-](c2ccc(C(F)(F)F)cc2)(c2ccc(C(F)(F)F)cc2)c2ccc(C(F)(F)F)cc2)cc1. The Morgan fingerprint density at radius 1 is 0.326 bits per heavy atom. The van der Waals surface area contributed by atoms with Crippen LogP contribution in [0.1, 0.15) is 22.3 Å². The van der Waals surface area contributed by atoms with E-state index < -0.39 is 53.1 Å². The van der Waals surface area contributed by atoms with Crippen LogP contribution in [0.25, 0.3) is 0 Å². The van der Waals surface area contributed by atoms with E-state index in [1.807, 2.05) is 0 Å². The maximum absolute atomic E-state index is 13.3. The molecule has 0 fully saturated rings. The highest BCUT2D eigenvalue weighted by Gasteiger charge is 2.38. The van der Waals surface area contributed by atoms with Gasteiger partial charge in [0.1, 0.15) is 6.15 Å². The van der Waals surface area contributed by atoms with Gasteiger partial charge in [0.2, 0.25) is 0 Å². The Morgan fingerprint density at radius 2 is 0.465 bits per heavy atom. The summed E-state index contributed by atoms with van der Waals surface area (Å²) >= 11 is 0. The van der Waals surface area contributed by atoms with Gasteiger partial charge in [0, 0.05) is 0 Å². The Kier molecular flexibility index (Phi) is 9.35. The molecule has 0 radical (unpaired) electrons. The van der Waals surface area contributed by atoms with Crippen LogP contribution >= 0.6 is 0 Å². The molecule has 0 amide bonds. The lowest BCUT2D eigenvalue weighted by molar-refractivity contribution is -0.325. The molecule has 0 atom stereocenters. The molecule has 3 N–H and O–H groups in total. The Bertz CT molecular complexity index is 1250. The van der Waals surface area contributed by atoms with E-state index in [4.69, 9.17) is 0 Å². The van der Waals surface area contributed by atoms with Gasteiger partial charge in [-0.1, -0.05) is 97.1 Å². The Hall–Kier alpha value is -3.94. The molecule has 0 aromatic heterocycles. The van der Waals surface area contributed by atoms with Crippen LogP contribution in [-0.2, 0) is 24.7 Å². The van der Waals surface area contributed by atoms with Crippen LogP contribution in [0.2, 0.25) is 0 Å². The molecule has 0 saturated carbocycles. The van der Waals surface area contributed by atoms with Gasteiger partial charge in [0.25, 0.3) is 0 Å². The monoisotopic (exact) mass is 623 g/mol. The fraction of sp³-hybridized carbons (Fsp3) is 0.172. The third-order valence-corrected chi connectivity index (χ3v) is 6.95. The van der Waals surface area contributed by atoms with Gasteiger partial charge in [-0.15, -0.1) is 0 Å². The van der Waals surface area contributed by atoms with Crippen molar-refractivity contribution in [2.75, 3.05) is 7.05 Å². The number of alkyl halides is 12. The average molecular weight is 623 g/mol. The second kappa shape index (κ2) is 12.0. The van der Waals surface area contributed by atoms with E-state index in [1.165, 1.54) is 0 Å². The van der Waals surface area contributed by atoms with Crippen LogP contribution < -0.4 is 27.6 Å². The summed E-state index contributed by atoms with van der Waals surface area (Å²) in [6.07, 6.45) is -22.0. The molecule has 43 heavy (non-hydrogen) atoms. The van der Waals surface area contributed by atoms with Crippen molar-refractivity contribution in [1.29, 1.82) is 0 Å². The van der Waals surface area contributed by atoms with E-state index in [0.717, 1.165) is 48.5 Å². The van der Waals surface area contributed by atoms with Gasteiger partial charge in [0.05, 0.1) is 29.3 Å². The second-order valence-corrected chi connectivity index (χ2v) is 9.35. The Morgan fingerprint density at radius 3 is 0.581 bits per heavy atom. The number of hydrogen-bond donors (Lipinski definition) is 1. The first kappa shape index (κ1) is 33.6. The number of halogens is 12. The molecule has 14 heteroatoms. The minimum Gasteiger partial charge on any atom is -0.360 e. The smallest absolute Gasteiger partial charge is 0.360 e. The van der Waals surface area contributed by atoms with Crippen LogP contribution in [-0.4, -0.2) is 13.2 Å². The van der Waals surface area contributed by atoms with Crippen molar-refractivity contribution in [3.05, 3.63) is 119 Å². The van der Waals surface area contributed by atoms with E-state index in [1.54, 1.807) is 7.05 Å². The third-order valence-electron chi connectivity index (χ3n) is 6.95. The molecule has 4 rings (SSSR count). The summed E-state index contributed by atoms with van der Waals surface area (Å²) in [5.74, 6) is 0. The number of rotatable bonds is 4. The molecule has 0 bridgehead atoms. The molecule has 0 heterocycles. The fourth-order valence-electron chi connectivity index (χ4n) is 5.00. The summed E-state index contributed by atoms with van der Waals surface area (Å²) in [5, 5.41) is 0. The topological polar surface area (TPSA) is 27.6 Å². The lowest BCUT2D eigenvalue weighted by Crippen LogP contribution is -2.74. The third kappa shape index (κ3) is 7.01. The lowest BCUT2D eigenvalue weighted by Gasteiger charge is -2.44. The molecule has 4 aromatic carbocycles. The van der Waals surface area contributed by atoms with Gasteiger partial charge in [0.15, 0.2) is 0 Å². The molecular formula is C29H22BF12N. The van der Waals surface area contributed by atoms with Crippen LogP contribution in [0.5, 0.6) is 0 Å². The second-order valence-electron chi connectivity index (χ2n) is 9.35. The summed E-state index contributed by atoms with van der Waals surface area (Å²) in [6.45, 7) is 0. The normalized spacial score (nSPS) is 12.9. The van der Waals surface area contributed by atoms with E-state index in [9.17, 15) is 52.7 Å². The van der Waals surface area contributed by atoms with Crippen molar-refractivity contribution in [2.24, 2.45) is 0 Å². The molecule has 0 unspecified atom stereocenters. The first-order valence-corrected chi connectivity index (χ1v) is 12.4. The minimum absolute atomic E-state index is 0.0114. The predicted molar refractivity (Wildman–Crippen MR) is 139 cm³/mol. The fourth-order valence-corrected chi connectivity index (χ4v) is 5.00. The van der Waals surface area contributed by atoms with E-state index in [0.29, 0.717) is 48.5 Å². The van der Waals surface area contributed by atoms with Crippen molar-refractivity contribution >= 4 is 28.0 Å². The number of hydrogen-bond acceptors (Lipinski definition) is 0. The van der Waals surface area contributed by atoms with Crippen molar-refractivity contribution in [3.63, 3.8) is 0 Å². The molecule has 230 valence electrons. The molecule has 4 aromatic rings. The first-order chi connectivity index (χ1) is 19.8. The highest BCUT2D eigenvalue weighted by Crippen LogP contribution is 2.32. The van der Waals surface area contributed by atoms with Gasteiger partial charge in [-0.25, -0.2) is 0 Å². The van der Waals surface area contributed by atoms with E-state index in [-0.39, 0.29) is 21.9 Å². The van der Waals surface area contributed by atoms with Gasteiger partial charge in [-0.2, -0.15) is 74.5 Å². The van der Waals surface area contributed by atoms with Gasteiger partial charge in [-0.3, -0.25) is 0 Å². The molecule has 0 aliphatic heterocycles. The van der Waals surface area contributed by atoms with Crippen LogP contribution in [0, 0.1) is 0 Å². The average Bonchev–Trinajstić information content (AvgIpc) is 2.94. The summed E-state index contributed by atoms with van der Waals surface area (Å²) in [7, 11) is 1.75. The maximum atomic E-state index is 13.3. The van der Waals surface area contributed by atoms with E-state index >= 15 is 0 Å². The number of quaternary nitrogens is 1. The molecule has 0 saturated heterocycles. The molecule has 1 nitrogen and oxygen atoms in total. The zero-order valence-corrected chi connectivity index (χ0v) is 22.1. The van der Waals surface area contributed by atoms with Gasteiger partial charge < -0.3 is 5.73 Å². The largest absolute Gasteiger partial charge is 0.416 e. The quantitative estimate of drug-likeness (QED) is 0.214. The molecule has 0 spiro atoms. The first-order valence-electron chi connectivity index (χ1n) is 12.4. The zero-order chi connectivity index (χ0) is 32.4. The number of benzene rings is 4. The highest BCUT2D eigenvalue weighted by atomic mass is 19.4. The van der Waals surface area contributed by atoms with Crippen LogP contribution in [0.3, 0.4) is 0 Å². The lowest BCUT2D eigenvalue weighted by atomic mass is 9.13. The maximum Gasteiger partial charge on any atom is 0.416 e. The molecule has 0 aliphatic rings. The van der Waals surface area contributed by atoms with Crippen LogP contribution in [0.4, 0.5) is 52.7 Å². The van der Waals surface area contributed by atoms with Crippen molar-refractivity contribution < 1.29 is 58.4 Å². The van der Waals surface area contributed by atoms with Crippen molar-refractivity contribution in [1.82, 2.24) is 0 Å². The Labute approximate surface area is 237 Å². The highest BCUT2D eigenvalue weighted by molar-refractivity contribution is 7.19. The minimum atomic E-state index is -4.77. The zero-order valence-electron chi connectivity index (χ0n) is 22.1. The summed E-state index contributed by atoms with van der Waals surface area (Å²) in [5.41, 5.74) is -1.04. The Balaban J connectivity index is 0.00000248. The summed E-state index contributed by atoms with van der Waals surface area (Å²) in [4.78, 5) is 0. The molecular weight excluding hydrogens is 601 g/mol. The van der Waals surface area contributed by atoms with Gasteiger partial charge in [-0.05, 0) is 0 Å².